The Morgan fingerprint density at radius 3 is 2.43 bits per heavy atom. The molecule has 0 amide bonds. The number of rotatable bonds is 4. The van der Waals surface area contributed by atoms with Crippen molar-refractivity contribution < 1.29 is 4.74 Å². The molecular formula is C17H31N3O. The van der Waals surface area contributed by atoms with Gasteiger partial charge in [0.25, 0.3) is 0 Å². The Kier molecular flexibility index (Phi) is 4.97. The summed E-state index contributed by atoms with van der Waals surface area (Å²) in [5, 5.41) is 4.39. The molecule has 21 heavy (non-hydrogen) atoms. The lowest BCUT2D eigenvalue weighted by Crippen LogP contribution is -2.32. The zero-order valence-electron chi connectivity index (χ0n) is 14.2. The number of ether oxygens (including phenoxy) is 1. The van der Waals surface area contributed by atoms with Gasteiger partial charge in [0.05, 0.1) is 25.0 Å². The molecule has 2 N–H and O–H groups in total. The van der Waals surface area contributed by atoms with E-state index >= 15 is 0 Å². The van der Waals surface area contributed by atoms with Crippen LogP contribution < -0.4 is 10.5 Å². The first-order valence-corrected chi connectivity index (χ1v) is 8.23. The van der Waals surface area contributed by atoms with Crippen LogP contribution in [0.15, 0.2) is 6.20 Å². The summed E-state index contributed by atoms with van der Waals surface area (Å²) in [5.41, 5.74) is 8.06. The third-order valence-corrected chi connectivity index (χ3v) is 5.18. The molecule has 1 aliphatic carbocycles. The molecule has 1 fully saturated rings. The minimum atomic E-state index is 0.0309. The highest BCUT2D eigenvalue weighted by molar-refractivity contribution is 5.28. The van der Waals surface area contributed by atoms with Gasteiger partial charge in [0, 0.05) is 6.54 Å². The fourth-order valence-electron chi connectivity index (χ4n) is 3.69. The Morgan fingerprint density at radius 2 is 1.95 bits per heavy atom. The first-order chi connectivity index (χ1) is 9.88. The lowest BCUT2D eigenvalue weighted by molar-refractivity contribution is 0.137. The maximum atomic E-state index is 6.58. The third-order valence-electron chi connectivity index (χ3n) is 5.18. The van der Waals surface area contributed by atoms with Crippen molar-refractivity contribution in [3.8, 4) is 5.75 Å². The molecule has 0 spiro atoms. The molecule has 1 aromatic heterocycles. The molecule has 0 aliphatic heterocycles. The smallest absolute Gasteiger partial charge is 0.161 e. The highest BCUT2D eigenvalue weighted by Gasteiger charge is 2.34. The topological polar surface area (TPSA) is 53.1 Å². The molecule has 4 nitrogen and oxygen atoms in total. The maximum absolute atomic E-state index is 6.58. The second-order valence-electron chi connectivity index (χ2n) is 7.42. The van der Waals surface area contributed by atoms with Crippen LogP contribution in [0.5, 0.6) is 5.75 Å². The van der Waals surface area contributed by atoms with Crippen molar-refractivity contribution in [2.24, 2.45) is 23.0 Å². The molecule has 1 saturated carbocycles. The molecule has 0 saturated heterocycles. The van der Waals surface area contributed by atoms with E-state index in [0.717, 1.165) is 23.9 Å². The summed E-state index contributed by atoms with van der Waals surface area (Å²) in [5.74, 6) is 2.20. The number of hydrogen-bond donors (Lipinski definition) is 1. The average molecular weight is 293 g/mol. The predicted octanol–water partition coefficient (Wildman–Crippen LogP) is 3.76. The van der Waals surface area contributed by atoms with Crippen LogP contribution in [0.4, 0.5) is 0 Å². The van der Waals surface area contributed by atoms with Gasteiger partial charge in [-0.25, -0.2) is 0 Å². The van der Waals surface area contributed by atoms with Crippen LogP contribution in [0.2, 0.25) is 0 Å². The minimum absolute atomic E-state index is 0.0309. The van der Waals surface area contributed by atoms with E-state index in [-0.39, 0.29) is 6.04 Å². The SMILES string of the molecule is CCn1ncc(OC)c1C(N)C1CCC(C(C)(C)C)CC1. The highest BCUT2D eigenvalue weighted by atomic mass is 16.5. The van der Waals surface area contributed by atoms with Crippen molar-refractivity contribution in [1.29, 1.82) is 0 Å². The predicted molar refractivity (Wildman–Crippen MR) is 86.3 cm³/mol. The van der Waals surface area contributed by atoms with Crippen LogP contribution in [0.25, 0.3) is 0 Å². The van der Waals surface area contributed by atoms with Gasteiger partial charge in [-0.15, -0.1) is 0 Å². The van der Waals surface area contributed by atoms with Crippen LogP contribution in [0.1, 0.15) is 65.1 Å². The summed E-state index contributed by atoms with van der Waals surface area (Å²) in [6.07, 6.45) is 6.77. The standard InChI is InChI=1S/C17H31N3O/c1-6-20-16(14(21-5)11-19-20)15(18)12-7-9-13(10-8-12)17(2,3)4/h11-13,15H,6-10,18H2,1-5H3. The molecule has 1 unspecified atom stereocenters. The Labute approximate surface area is 129 Å². The monoisotopic (exact) mass is 293 g/mol. The molecular weight excluding hydrogens is 262 g/mol. The Morgan fingerprint density at radius 1 is 1.33 bits per heavy atom. The van der Waals surface area contributed by atoms with Crippen LogP contribution in [-0.4, -0.2) is 16.9 Å². The fraction of sp³-hybridized carbons (Fsp3) is 0.824. The molecule has 4 heteroatoms. The number of hydrogen-bond acceptors (Lipinski definition) is 3. The van der Waals surface area contributed by atoms with Gasteiger partial charge in [-0.1, -0.05) is 20.8 Å². The third kappa shape index (κ3) is 3.42. The quantitative estimate of drug-likeness (QED) is 0.919. The van der Waals surface area contributed by atoms with Gasteiger partial charge in [-0.3, -0.25) is 4.68 Å². The summed E-state index contributed by atoms with van der Waals surface area (Å²) in [6, 6.07) is 0.0309. The van der Waals surface area contributed by atoms with Crippen LogP contribution in [0.3, 0.4) is 0 Å². The number of nitrogens with two attached hydrogens (primary N) is 1. The second kappa shape index (κ2) is 6.39. The van der Waals surface area contributed by atoms with Crippen LogP contribution >= 0.6 is 0 Å². The van der Waals surface area contributed by atoms with Gasteiger partial charge in [0.2, 0.25) is 0 Å². The number of nitrogens with zero attached hydrogens (tertiary/aromatic N) is 2. The Hall–Kier alpha value is -1.03. The van der Waals surface area contributed by atoms with Crippen molar-refractivity contribution in [1.82, 2.24) is 9.78 Å². The Balaban J connectivity index is 2.08. The van der Waals surface area contributed by atoms with Crippen molar-refractivity contribution >= 4 is 0 Å². The van der Waals surface area contributed by atoms with E-state index in [1.165, 1.54) is 25.7 Å². The Bertz CT molecular complexity index is 432. The first-order valence-electron chi connectivity index (χ1n) is 8.23. The molecule has 0 bridgehead atoms. The molecule has 120 valence electrons. The zero-order chi connectivity index (χ0) is 15.6. The van der Waals surface area contributed by atoms with Crippen LogP contribution in [-0.2, 0) is 6.54 Å². The van der Waals surface area contributed by atoms with Gasteiger partial charge in [0.1, 0.15) is 0 Å². The van der Waals surface area contributed by atoms with Gasteiger partial charge < -0.3 is 10.5 Å². The molecule has 2 rings (SSSR count). The van der Waals surface area contributed by atoms with Gasteiger partial charge in [0.15, 0.2) is 5.75 Å². The van der Waals surface area contributed by atoms with Gasteiger partial charge >= 0.3 is 0 Å². The van der Waals surface area contributed by atoms with E-state index < -0.39 is 0 Å². The largest absolute Gasteiger partial charge is 0.493 e. The lowest BCUT2D eigenvalue weighted by atomic mass is 9.68. The summed E-state index contributed by atoms with van der Waals surface area (Å²) in [7, 11) is 1.70. The summed E-state index contributed by atoms with van der Waals surface area (Å²) < 4.78 is 7.44. The van der Waals surface area contributed by atoms with Gasteiger partial charge in [-0.05, 0) is 49.9 Å². The molecule has 0 aromatic carbocycles. The van der Waals surface area contributed by atoms with Crippen molar-refractivity contribution in [2.75, 3.05) is 7.11 Å². The van der Waals surface area contributed by atoms with Gasteiger partial charge in [-0.2, -0.15) is 5.10 Å². The van der Waals surface area contributed by atoms with Crippen molar-refractivity contribution in [2.45, 2.75) is 66.0 Å². The van der Waals surface area contributed by atoms with Crippen molar-refractivity contribution in [3.63, 3.8) is 0 Å². The average Bonchev–Trinajstić information content (AvgIpc) is 2.88. The van der Waals surface area contributed by atoms with E-state index in [2.05, 4.69) is 32.8 Å². The summed E-state index contributed by atoms with van der Waals surface area (Å²) >= 11 is 0. The minimum Gasteiger partial charge on any atom is -0.493 e. The molecule has 0 radical (unpaired) electrons. The molecule has 1 atom stereocenters. The van der Waals surface area contributed by atoms with E-state index in [9.17, 15) is 0 Å². The summed E-state index contributed by atoms with van der Waals surface area (Å²) in [4.78, 5) is 0. The number of methoxy groups -OCH3 is 1. The normalized spacial score (nSPS) is 24.9. The fourth-order valence-corrected chi connectivity index (χ4v) is 3.69. The second-order valence-corrected chi connectivity index (χ2v) is 7.42. The zero-order valence-corrected chi connectivity index (χ0v) is 14.2. The molecule has 1 aliphatic rings. The maximum Gasteiger partial charge on any atom is 0.161 e. The van der Waals surface area contributed by atoms with Crippen molar-refractivity contribution in [3.05, 3.63) is 11.9 Å². The molecule has 1 heterocycles. The van der Waals surface area contributed by atoms with E-state index in [4.69, 9.17) is 10.5 Å². The first kappa shape index (κ1) is 16.3. The molecule has 1 aromatic rings. The van der Waals surface area contributed by atoms with Crippen LogP contribution in [0, 0.1) is 17.3 Å². The van der Waals surface area contributed by atoms with E-state index in [1.54, 1.807) is 13.3 Å². The number of aromatic nitrogens is 2. The van der Waals surface area contributed by atoms with E-state index in [1.807, 2.05) is 4.68 Å². The number of aryl methyl sites for hydroxylation is 1. The highest BCUT2D eigenvalue weighted by Crippen LogP contribution is 2.43. The lowest BCUT2D eigenvalue weighted by Gasteiger charge is -2.38. The summed E-state index contributed by atoms with van der Waals surface area (Å²) in [6.45, 7) is 10.00. The van der Waals surface area contributed by atoms with E-state index in [0.29, 0.717) is 11.3 Å².